The zero-order valence-electron chi connectivity index (χ0n) is 7.48. The number of hydrogen-bond donors (Lipinski definition) is 1. The quantitative estimate of drug-likeness (QED) is 0.789. The van der Waals surface area contributed by atoms with E-state index in [1.807, 2.05) is 36.5 Å². The number of aromatic amines is 1. The second kappa shape index (κ2) is 3.18. The average molecular weight is 194 g/mol. The molecular formula is C8H10N4S. The minimum Gasteiger partial charge on any atom is -0.346 e. The lowest BCUT2D eigenvalue weighted by Crippen LogP contribution is -2.10. The number of rotatable bonds is 2. The zero-order valence-corrected chi connectivity index (χ0v) is 8.30. The Kier molecular flexibility index (Phi) is 2.02. The van der Waals surface area contributed by atoms with Crippen LogP contribution in [-0.4, -0.2) is 29.3 Å². The summed E-state index contributed by atoms with van der Waals surface area (Å²) in [6.45, 7) is 0. The molecule has 0 aliphatic rings. The number of aromatic nitrogens is 3. The second-order valence-electron chi connectivity index (χ2n) is 2.86. The molecule has 0 aliphatic heterocycles. The maximum absolute atomic E-state index is 4.32. The molecule has 0 fully saturated rings. The van der Waals surface area contributed by atoms with E-state index in [4.69, 9.17) is 0 Å². The molecule has 0 bridgehead atoms. The van der Waals surface area contributed by atoms with Gasteiger partial charge < -0.3 is 4.90 Å². The fourth-order valence-electron chi connectivity index (χ4n) is 0.976. The van der Waals surface area contributed by atoms with Crippen LogP contribution in [-0.2, 0) is 0 Å². The molecule has 0 radical (unpaired) electrons. The van der Waals surface area contributed by atoms with Crippen molar-refractivity contribution in [3.63, 3.8) is 0 Å². The highest BCUT2D eigenvalue weighted by atomic mass is 32.1. The van der Waals surface area contributed by atoms with Gasteiger partial charge in [-0.1, -0.05) is 6.07 Å². The van der Waals surface area contributed by atoms with E-state index in [1.165, 1.54) is 0 Å². The fourth-order valence-corrected chi connectivity index (χ4v) is 1.64. The van der Waals surface area contributed by atoms with Gasteiger partial charge in [0.1, 0.15) is 0 Å². The predicted molar refractivity (Wildman–Crippen MR) is 54.0 cm³/mol. The van der Waals surface area contributed by atoms with E-state index >= 15 is 0 Å². The number of H-pyrrole nitrogens is 1. The molecule has 0 spiro atoms. The fraction of sp³-hybridized carbons (Fsp3) is 0.250. The van der Waals surface area contributed by atoms with E-state index in [0.717, 1.165) is 10.7 Å². The molecule has 4 nitrogen and oxygen atoms in total. The van der Waals surface area contributed by atoms with Gasteiger partial charge in [0.05, 0.1) is 4.88 Å². The summed E-state index contributed by atoms with van der Waals surface area (Å²) in [6, 6.07) is 4.02. The highest BCUT2D eigenvalue weighted by Gasteiger charge is 2.06. The van der Waals surface area contributed by atoms with E-state index < -0.39 is 0 Å². The molecule has 0 aliphatic carbocycles. The molecule has 2 rings (SSSR count). The lowest BCUT2D eigenvalue weighted by Gasteiger charge is -2.03. The first-order chi connectivity index (χ1) is 6.27. The monoisotopic (exact) mass is 194 g/mol. The van der Waals surface area contributed by atoms with Gasteiger partial charge in [0.15, 0.2) is 5.82 Å². The maximum atomic E-state index is 4.32. The number of thiophene rings is 1. The first-order valence-corrected chi connectivity index (χ1v) is 4.79. The van der Waals surface area contributed by atoms with Crippen LogP contribution < -0.4 is 4.90 Å². The van der Waals surface area contributed by atoms with Crippen molar-refractivity contribution in [1.29, 1.82) is 0 Å². The molecule has 2 heterocycles. The molecule has 0 saturated carbocycles. The van der Waals surface area contributed by atoms with E-state index in [-0.39, 0.29) is 0 Å². The first-order valence-electron chi connectivity index (χ1n) is 3.91. The summed E-state index contributed by atoms with van der Waals surface area (Å²) < 4.78 is 0. The Balaban J connectivity index is 2.33. The lowest BCUT2D eigenvalue weighted by atomic mass is 10.4. The van der Waals surface area contributed by atoms with Crippen molar-refractivity contribution in [2.24, 2.45) is 0 Å². The summed E-state index contributed by atoms with van der Waals surface area (Å²) in [5.74, 6) is 1.54. The van der Waals surface area contributed by atoms with E-state index in [2.05, 4.69) is 15.2 Å². The molecule has 2 aromatic heterocycles. The SMILES string of the molecule is CN(C)c1n[nH]c(-c2cccs2)n1. The molecule has 0 amide bonds. The normalized spacial score (nSPS) is 10.3. The van der Waals surface area contributed by atoms with Crippen LogP contribution in [0.5, 0.6) is 0 Å². The third-order valence-corrected chi connectivity index (χ3v) is 2.50. The Morgan fingerprint density at radius 3 is 2.85 bits per heavy atom. The molecule has 13 heavy (non-hydrogen) atoms. The van der Waals surface area contributed by atoms with Crippen molar-refractivity contribution >= 4 is 17.3 Å². The minimum absolute atomic E-state index is 0.711. The summed E-state index contributed by atoms with van der Waals surface area (Å²) in [6.07, 6.45) is 0. The molecule has 0 aromatic carbocycles. The van der Waals surface area contributed by atoms with E-state index in [9.17, 15) is 0 Å². The standard InChI is InChI=1S/C8H10N4S/c1-12(2)8-9-7(10-11-8)6-4-3-5-13-6/h3-5H,1-2H3,(H,9,10,11). The van der Waals surface area contributed by atoms with Crippen molar-refractivity contribution in [3.8, 4) is 10.7 Å². The van der Waals surface area contributed by atoms with Gasteiger partial charge in [0.2, 0.25) is 5.95 Å². The third-order valence-electron chi connectivity index (χ3n) is 1.63. The largest absolute Gasteiger partial charge is 0.346 e. The predicted octanol–water partition coefficient (Wildman–Crippen LogP) is 1.60. The van der Waals surface area contributed by atoms with Crippen LogP contribution in [0.3, 0.4) is 0 Å². The Morgan fingerprint density at radius 1 is 1.46 bits per heavy atom. The summed E-state index contributed by atoms with van der Waals surface area (Å²) in [5, 5.41) is 8.99. The van der Waals surface area contributed by atoms with Crippen molar-refractivity contribution in [1.82, 2.24) is 15.2 Å². The summed E-state index contributed by atoms with van der Waals surface area (Å²) in [7, 11) is 3.84. The van der Waals surface area contributed by atoms with Gasteiger partial charge in [-0.25, -0.2) is 0 Å². The number of hydrogen-bond acceptors (Lipinski definition) is 4. The topological polar surface area (TPSA) is 44.8 Å². The smallest absolute Gasteiger partial charge is 0.244 e. The van der Waals surface area contributed by atoms with Gasteiger partial charge in [-0.3, -0.25) is 5.10 Å². The Bertz CT molecular complexity index is 377. The Morgan fingerprint density at radius 2 is 2.31 bits per heavy atom. The van der Waals surface area contributed by atoms with Crippen LogP contribution >= 0.6 is 11.3 Å². The molecule has 2 aromatic rings. The van der Waals surface area contributed by atoms with Crippen molar-refractivity contribution in [2.45, 2.75) is 0 Å². The molecule has 5 heteroatoms. The van der Waals surface area contributed by atoms with Crippen LogP contribution in [0.2, 0.25) is 0 Å². The van der Waals surface area contributed by atoms with Gasteiger partial charge in [0.25, 0.3) is 0 Å². The van der Waals surface area contributed by atoms with Gasteiger partial charge in [-0.15, -0.1) is 16.4 Å². The summed E-state index contributed by atoms with van der Waals surface area (Å²) in [4.78, 5) is 7.30. The number of nitrogens with zero attached hydrogens (tertiary/aromatic N) is 3. The van der Waals surface area contributed by atoms with Gasteiger partial charge in [-0.2, -0.15) is 4.98 Å². The zero-order chi connectivity index (χ0) is 9.26. The van der Waals surface area contributed by atoms with Crippen LogP contribution in [0, 0.1) is 0 Å². The Hall–Kier alpha value is -1.36. The highest BCUT2D eigenvalue weighted by Crippen LogP contribution is 2.21. The van der Waals surface area contributed by atoms with Crippen molar-refractivity contribution < 1.29 is 0 Å². The molecule has 0 unspecified atom stereocenters. The molecular weight excluding hydrogens is 184 g/mol. The van der Waals surface area contributed by atoms with E-state index in [0.29, 0.717) is 5.95 Å². The highest BCUT2D eigenvalue weighted by molar-refractivity contribution is 7.13. The second-order valence-corrected chi connectivity index (χ2v) is 3.80. The van der Waals surface area contributed by atoms with Gasteiger partial charge in [-0.05, 0) is 11.4 Å². The average Bonchev–Trinajstić information content (AvgIpc) is 2.75. The van der Waals surface area contributed by atoms with Gasteiger partial charge >= 0.3 is 0 Å². The van der Waals surface area contributed by atoms with Gasteiger partial charge in [0, 0.05) is 14.1 Å². The van der Waals surface area contributed by atoms with Crippen LogP contribution in [0.1, 0.15) is 0 Å². The first kappa shape index (κ1) is 8.25. The number of anilines is 1. The molecule has 0 saturated heterocycles. The van der Waals surface area contributed by atoms with E-state index in [1.54, 1.807) is 11.3 Å². The van der Waals surface area contributed by atoms with Crippen LogP contribution in [0.25, 0.3) is 10.7 Å². The summed E-state index contributed by atoms with van der Waals surface area (Å²) in [5.41, 5.74) is 0. The summed E-state index contributed by atoms with van der Waals surface area (Å²) >= 11 is 1.65. The molecule has 0 atom stereocenters. The van der Waals surface area contributed by atoms with Crippen LogP contribution in [0.4, 0.5) is 5.95 Å². The maximum Gasteiger partial charge on any atom is 0.244 e. The molecule has 68 valence electrons. The molecule has 1 N–H and O–H groups in total. The number of nitrogens with one attached hydrogen (secondary N) is 1. The minimum atomic E-state index is 0.711. The lowest BCUT2D eigenvalue weighted by molar-refractivity contribution is 0.999. The van der Waals surface area contributed by atoms with Crippen LogP contribution in [0.15, 0.2) is 17.5 Å². The van der Waals surface area contributed by atoms with Crippen molar-refractivity contribution in [3.05, 3.63) is 17.5 Å². The Labute approximate surface area is 80.2 Å². The third kappa shape index (κ3) is 1.55. The van der Waals surface area contributed by atoms with Crippen molar-refractivity contribution in [2.75, 3.05) is 19.0 Å².